The minimum Gasteiger partial charge on any atom is -0.377 e. The lowest BCUT2D eigenvalue weighted by molar-refractivity contribution is -0.120. The number of rotatable bonds is 6. The zero-order valence-corrected chi connectivity index (χ0v) is 10.4. The third-order valence-corrected chi connectivity index (χ3v) is 2.87. The summed E-state index contributed by atoms with van der Waals surface area (Å²) >= 11 is 0. The van der Waals surface area contributed by atoms with E-state index in [1.54, 1.807) is 6.20 Å². The van der Waals surface area contributed by atoms with Crippen molar-refractivity contribution in [2.45, 2.75) is 25.5 Å². The maximum absolute atomic E-state index is 11.5. The van der Waals surface area contributed by atoms with Gasteiger partial charge in [-0.3, -0.25) is 9.78 Å². The van der Waals surface area contributed by atoms with Crippen molar-refractivity contribution in [2.24, 2.45) is 0 Å². The van der Waals surface area contributed by atoms with Crippen LogP contribution in [0.1, 0.15) is 18.5 Å². The van der Waals surface area contributed by atoms with Gasteiger partial charge in [0.2, 0.25) is 5.91 Å². The van der Waals surface area contributed by atoms with Crippen molar-refractivity contribution in [3.63, 3.8) is 0 Å². The highest BCUT2D eigenvalue weighted by molar-refractivity contribution is 5.77. The van der Waals surface area contributed by atoms with Crippen LogP contribution in [0.25, 0.3) is 0 Å². The smallest absolute Gasteiger partial charge is 0.234 e. The van der Waals surface area contributed by atoms with Crippen LogP contribution in [0.15, 0.2) is 24.4 Å². The van der Waals surface area contributed by atoms with Crippen molar-refractivity contribution in [3.8, 4) is 0 Å². The van der Waals surface area contributed by atoms with Gasteiger partial charge in [-0.25, -0.2) is 0 Å². The number of pyridine rings is 1. The quantitative estimate of drug-likeness (QED) is 0.769. The molecule has 0 aromatic carbocycles. The lowest BCUT2D eigenvalue weighted by Crippen LogP contribution is -2.37. The van der Waals surface area contributed by atoms with Gasteiger partial charge in [-0.1, -0.05) is 6.07 Å². The Morgan fingerprint density at radius 1 is 1.50 bits per heavy atom. The minimum atomic E-state index is -0.0151. The molecule has 5 heteroatoms. The Morgan fingerprint density at radius 3 is 3.17 bits per heavy atom. The zero-order valence-electron chi connectivity index (χ0n) is 10.4. The van der Waals surface area contributed by atoms with Crippen LogP contribution in [-0.4, -0.2) is 36.7 Å². The Bertz CT molecular complexity index is 364. The first-order valence-corrected chi connectivity index (χ1v) is 6.33. The highest BCUT2D eigenvalue weighted by Crippen LogP contribution is 2.10. The van der Waals surface area contributed by atoms with Gasteiger partial charge in [0.25, 0.3) is 0 Å². The number of ether oxygens (including phenoxy) is 1. The first-order chi connectivity index (χ1) is 8.84. The summed E-state index contributed by atoms with van der Waals surface area (Å²) in [6.45, 7) is 2.39. The molecule has 1 unspecified atom stereocenters. The van der Waals surface area contributed by atoms with E-state index in [-0.39, 0.29) is 12.0 Å². The number of aromatic nitrogens is 1. The third-order valence-electron chi connectivity index (χ3n) is 2.87. The summed E-state index contributed by atoms with van der Waals surface area (Å²) in [4.78, 5) is 15.7. The molecule has 1 aliphatic heterocycles. The number of nitrogens with zero attached hydrogens (tertiary/aromatic N) is 1. The third kappa shape index (κ3) is 4.43. The summed E-state index contributed by atoms with van der Waals surface area (Å²) in [6.07, 6.45) is 4.20. The molecule has 1 aromatic heterocycles. The lowest BCUT2D eigenvalue weighted by atomic mass is 10.2. The van der Waals surface area contributed by atoms with Gasteiger partial charge in [-0.05, 0) is 25.0 Å². The summed E-state index contributed by atoms with van der Waals surface area (Å²) in [7, 11) is 0. The second-order valence-corrected chi connectivity index (χ2v) is 4.36. The molecule has 0 spiro atoms. The molecule has 0 aliphatic carbocycles. The van der Waals surface area contributed by atoms with Gasteiger partial charge in [0, 0.05) is 19.3 Å². The van der Waals surface area contributed by atoms with Gasteiger partial charge < -0.3 is 15.4 Å². The molecular weight excluding hydrogens is 230 g/mol. The molecular formula is C13H19N3O2. The van der Waals surface area contributed by atoms with Gasteiger partial charge in [-0.15, -0.1) is 0 Å². The van der Waals surface area contributed by atoms with Crippen LogP contribution in [0.4, 0.5) is 0 Å². The molecule has 0 saturated carbocycles. The molecule has 2 heterocycles. The Balaban J connectivity index is 1.57. The minimum absolute atomic E-state index is 0.0151. The number of hydrogen-bond acceptors (Lipinski definition) is 4. The molecule has 1 saturated heterocycles. The fraction of sp³-hybridized carbons (Fsp3) is 0.538. The molecule has 1 atom stereocenters. The van der Waals surface area contributed by atoms with Crippen molar-refractivity contribution < 1.29 is 9.53 Å². The lowest BCUT2D eigenvalue weighted by Gasteiger charge is -2.10. The van der Waals surface area contributed by atoms with Crippen LogP contribution in [0, 0.1) is 0 Å². The maximum Gasteiger partial charge on any atom is 0.234 e. The molecule has 0 bridgehead atoms. The molecule has 2 rings (SSSR count). The standard InChI is InChI=1S/C13H19N3O2/c17-13(10-14-9-12-5-3-7-18-12)16-8-11-4-1-2-6-15-11/h1-2,4,6,12,14H,3,5,7-10H2,(H,16,17). The number of nitrogens with one attached hydrogen (secondary N) is 2. The highest BCUT2D eigenvalue weighted by atomic mass is 16.5. The Labute approximate surface area is 107 Å². The molecule has 0 radical (unpaired) electrons. The fourth-order valence-corrected chi connectivity index (χ4v) is 1.91. The van der Waals surface area contributed by atoms with Crippen molar-refractivity contribution in [1.82, 2.24) is 15.6 Å². The summed E-state index contributed by atoms with van der Waals surface area (Å²) in [5.41, 5.74) is 0.866. The molecule has 1 amide bonds. The number of carbonyl (C=O) groups excluding carboxylic acids is 1. The Kier molecular flexibility index (Phi) is 5.11. The Morgan fingerprint density at radius 2 is 2.44 bits per heavy atom. The molecule has 98 valence electrons. The average molecular weight is 249 g/mol. The zero-order chi connectivity index (χ0) is 12.6. The van der Waals surface area contributed by atoms with Crippen LogP contribution in [0.2, 0.25) is 0 Å². The van der Waals surface area contributed by atoms with Gasteiger partial charge >= 0.3 is 0 Å². The van der Waals surface area contributed by atoms with Gasteiger partial charge in [-0.2, -0.15) is 0 Å². The van der Waals surface area contributed by atoms with Crippen LogP contribution < -0.4 is 10.6 Å². The van der Waals surface area contributed by atoms with E-state index < -0.39 is 0 Å². The maximum atomic E-state index is 11.5. The van der Waals surface area contributed by atoms with Crippen LogP contribution in [-0.2, 0) is 16.1 Å². The van der Waals surface area contributed by atoms with E-state index in [4.69, 9.17) is 4.74 Å². The predicted molar refractivity (Wildman–Crippen MR) is 67.9 cm³/mol. The first kappa shape index (κ1) is 13.0. The van der Waals surface area contributed by atoms with E-state index in [9.17, 15) is 4.79 Å². The fourth-order valence-electron chi connectivity index (χ4n) is 1.91. The molecule has 1 aromatic rings. The Hall–Kier alpha value is -1.46. The summed E-state index contributed by atoms with van der Waals surface area (Å²) in [5, 5.41) is 5.93. The number of hydrogen-bond donors (Lipinski definition) is 2. The van der Waals surface area contributed by atoms with Crippen LogP contribution in [0.3, 0.4) is 0 Å². The van der Waals surface area contributed by atoms with E-state index in [0.29, 0.717) is 13.1 Å². The number of carbonyl (C=O) groups is 1. The van der Waals surface area contributed by atoms with Gasteiger partial charge in [0.1, 0.15) is 0 Å². The van der Waals surface area contributed by atoms with E-state index in [0.717, 1.165) is 31.7 Å². The van der Waals surface area contributed by atoms with E-state index in [1.165, 1.54) is 0 Å². The van der Waals surface area contributed by atoms with E-state index in [2.05, 4.69) is 15.6 Å². The van der Waals surface area contributed by atoms with Crippen molar-refractivity contribution >= 4 is 5.91 Å². The van der Waals surface area contributed by atoms with Crippen LogP contribution >= 0.6 is 0 Å². The largest absolute Gasteiger partial charge is 0.377 e. The highest BCUT2D eigenvalue weighted by Gasteiger charge is 2.14. The molecule has 2 N–H and O–H groups in total. The monoisotopic (exact) mass is 249 g/mol. The SMILES string of the molecule is O=C(CNCC1CCCO1)NCc1ccccn1. The summed E-state index contributed by atoms with van der Waals surface area (Å²) in [6, 6.07) is 5.65. The van der Waals surface area contributed by atoms with Crippen molar-refractivity contribution in [3.05, 3.63) is 30.1 Å². The first-order valence-electron chi connectivity index (χ1n) is 6.33. The van der Waals surface area contributed by atoms with E-state index >= 15 is 0 Å². The summed E-state index contributed by atoms with van der Waals surface area (Å²) < 4.78 is 5.46. The normalized spacial score (nSPS) is 18.8. The van der Waals surface area contributed by atoms with Gasteiger partial charge in [0.05, 0.1) is 24.9 Å². The van der Waals surface area contributed by atoms with Crippen LogP contribution in [0.5, 0.6) is 0 Å². The van der Waals surface area contributed by atoms with Crippen molar-refractivity contribution in [1.29, 1.82) is 0 Å². The topological polar surface area (TPSA) is 63.2 Å². The molecule has 5 nitrogen and oxygen atoms in total. The van der Waals surface area contributed by atoms with E-state index in [1.807, 2.05) is 18.2 Å². The summed E-state index contributed by atoms with van der Waals surface area (Å²) in [5.74, 6) is -0.0151. The second-order valence-electron chi connectivity index (χ2n) is 4.36. The average Bonchev–Trinajstić information content (AvgIpc) is 2.91. The second kappa shape index (κ2) is 7.08. The predicted octanol–water partition coefficient (Wildman–Crippen LogP) is 0.466. The molecule has 1 fully saturated rings. The van der Waals surface area contributed by atoms with Crippen molar-refractivity contribution in [2.75, 3.05) is 19.7 Å². The van der Waals surface area contributed by atoms with Gasteiger partial charge in [0.15, 0.2) is 0 Å². The molecule has 1 aliphatic rings. The molecule has 18 heavy (non-hydrogen) atoms. The number of amides is 1.